The van der Waals surface area contributed by atoms with E-state index in [4.69, 9.17) is 10.8 Å². The lowest BCUT2D eigenvalue weighted by molar-refractivity contribution is -0.138. The van der Waals surface area contributed by atoms with E-state index >= 15 is 0 Å². The van der Waals surface area contributed by atoms with E-state index in [-0.39, 0.29) is 17.2 Å². The summed E-state index contributed by atoms with van der Waals surface area (Å²) in [5.74, 6) is -0.911. The van der Waals surface area contributed by atoms with Crippen molar-refractivity contribution in [1.29, 1.82) is 0 Å². The van der Waals surface area contributed by atoms with Gasteiger partial charge in [0.15, 0.2) is 0 Å². The van der Waals surface area contributed by atoms with Gasteiger partial charge in [-0.15, -0.1) is 0 Å². The standard InChI is InChI=1S/C14H22N2O4S/c1-9(2)8-16-21(19,20)12-5-4-10(3)11(6-12)7-13(15)14(17)18/h4-6,9,13,16H,7-8,15H2,1-3H3,(H,17,18)/t13-/m0/s1. The number of nitrogens with one attached hydrogen (secondary N) is 1. The summed E-state index contributed by atoms with van der Waals surface area (Å²) >= 11 is 0. The lowest BCUT2D eigenvalue weighted by Crippen LogP contribution is -2.32. The fourth-order valence-corrected chi connectivity index (χ4v) is 2.98. The van der Waals surface area contributed by atoms with Gasteiger partial charge in [0.2, 0.25) is 10.0 Å². The van der Waals surface area contributed by atoms with Gasteiger partial charge in [0, 0.05) is 6.54 Å². The fourth-order valence-electron chi connectivity index (χ4n) is 1.72. The predicted molar refractivity (Wildman–Crippen MR) is 80.5 cm³/mol. The molecule has 0 saturated heterocycles. The second-order valence-electron chi connectivity index (χ2n) is 5.48. The molecule has 0 unspecified atom stereocenters. The van der Waals surface area contributed by atoms with E-state index in [1.54, 1.807) is 13.0 Å². The Bertz CT molecular complexity index is 611. The van der Waals surface area contributed by atoms with E-state index in [1.165, 1.54) is 12.1 Å². The third-order valence-corrected chi connectivity index (χ3v) is 4.49. The number of sulfonamides is 1. The number of benzene rings is 1. The van der Waals surface area contributed by atoms with Crippen molar-refractivity contribution in [3.05, 3.63) is 29.3 Å². The molecular weight excluding hydrogens is 292 g/mol. The first-order valence-corrected chi connectivity index (χ1v) is 8.19. The van der Waals surface area contributed by atoms with Gasteiger partial charge in [-0.2, -0.15) is 0 Å². The highest BCUT2D eigenvalue weighted by atomic mass is 32.2. The van der Waals surface area contributed by atoms with Crippen LogP contribution in [0.15, 0.2) is 23.1 Å². The van der Waals surface area contributed by atoms with Gasteiger partial charge in [0.25, 0.3) is 0 Å². The van der Waals surface area contributed by atoms with Gasteiger partial charge in [0.1, 0.15) is 6.04 Å². The Labute approximate surface area is 125 Å². The van der Waals surface area contributed by atoms with Crippen LogP contribution in [0.5, 0.6) is 0 Å². The monoisotopic (exact) mass is 314 g/mol. The molecule has 1 atom stereocenters. The quantitative estimate of drug-likeness (QED) is 0.692. The van der Waals surface area contributed by atoms with Gasteiger partial charge in [-0.3, -0.25) is 4.79 Å². The van der Waals surface area contributed by atoms with Crippen molar-refractivity contribution in [3.63, 3.8) is 0 Å². The summed E-state index contributed by atoms with van der Waals surface area (Å²) in [6, 6.07) is 3.60. The van der Waals surface area contributed by atoms with Crippen LogP contribution in [0.4, 0.5) is 0 Å². The number of carboxylic acid groups (broad SMARTS) is 1. The Morgan fingerprint density at radius 3 is 2.52 bits per heavy atom. The minimum Gasteiger partial charge on any atom is -0.480 e. The number of hydrogen-bond acceptors (Lipinski definition) is 4. The molecule has 0 heterocycles. The third kappa shape index (κ3) is 5.11. The number of rotatable bonds is 7. The number of carbonyl (C=O) groups is 1. The molecule has 0 spiro atoms. The smallest absolute Gasteiger partial charge is 0.320 e. The molecule has 0 fully saturated rings. The summed E-state index contributed by atoms with van der Waals surface area (Å²) in [6.07, 6.45) is 0.0920. The van der Waals surface area contributed by atoms with Crippen LogP contribution in [0.3, 0.4) is 0 Å². The predicted octanol–water partition coefficient (Wildman–Crippen LogP) is 0.884. The van der Waals surface area contributed by atoms with Gasteiger partial charge < -0.3 is 10.8 Å². The molecule has 0 bridgehead atoms. The Morgan fingerprint density at radius 1 is 1.38 bits per heavy atom. The summed E-state index contributed by atoms with van der Waals surface area (Å²) in [5.41, 5.74) is 6.95. The SMILES string of the molecule is Cc1ccc(S(=O)(=O)NCC(C)C)cc1C[C@H](N)C(=O)O. The molecule has 21 heavy (non-hydrogen) atoms. The maximum atomic E-state index is 12.2. The zero-order valence-corrected chi connectivity index (χ0v) is 13.3. The van der Waals surface area contributed by atoms with Crippen LogP contribution in [0, 0.1) is 12.8 Å². The van der Waals surface area contributed by atoms with E-state index in [2.05, 4.69) is 4.72 Å². The number of aliphatic carboxylic acids is 1. The Hall–Kier alpha value is -1.44. The van der Waals surface area contributed by atoms with Gasteiger partial charge in [-0.05, 0) is 42.5 Å². The van der Waals surface area contributed by atoms with Crippen molar-refractivity contribution in [2.75, 3.05) is 6.54 Å². The molecule has 6 nitrogen and oxygen atoms in total. The highest BCUT2D eigenvalue weighted by Crippen LogP contribution is 2.17. The normalized spacial score (nSPS) is 13.4. The average Bonchev–Trinajstić information content (AvgIpc) is 2.38. The summed E-state index contributed by atoms with van der Waals surface area (Å²) in [7, 11) is -3.59. The van der Waals surface area contributed by atoms with Gasteiger partial charge in [-0.1, -0.05) is 19.9 Å². The van der Waals surface area contributed by atoms with E-state index in [9.17, 15) is 13.2 Å². The molecular formula is C14H22N2O4S. The van der Waals surface area contributed by atoms with Crippen LogP contribution >= 0.6 is 0 Å². The van der Waals surface area contributed by atoms with Crippen LogP contribution in [-0.2, 0) is 21.2 Å². The van der Waals surface area contributed by atoms with E-state index in [1.807, 2.05) is 13.8 Å². The fraction of sp³-hybridized carbons (Fsp3) is 0.500. The van der Waals surface area contributed by atoms with Gasteiger partial charge in [-0.25, -0.2) is 13.1 Å². The molecule has 1 aromatic carbocycles. The van der Waals surface area contributed by atoms with Crippen molar-refractivity contribution < 1.29 is 18.3 Å². The zero-order chi connectivity index (χ0) is 16.2. The molecule has 0 aromatic heterocycles. The molecule has 0 aliphatic heterocycles. The average molecular weight is 314 g/mol. The van der Waals surface area contributed by atoms with Crippen LogP contribution in [0.2, 0.25) is 0 Å². The Kier molecular flexibility index (Phi) is 5.88. The van der Waals surface area contributed by atoms with Gasteiger partial charge in [0.05, 0.1) is 4.90 Å². The van der Waals surface area contributed by atoms with E-state index in [0.29, 0.717) is 12.1 Å². The maximum absolute atomic E-state index is 12.2. The van der Waals surface area contributed by atoms with Crippen molar-refractivity contribution in [1.82, 2.24) is 4.72 Å². The van der Waals surface area contributed by atoms with Crippen LogP contribution in [0.1, 0.15) is 25.0 Å². The van der Waals surface area contributed by atoms with Gasteiger partial charge >= 0.3 is 5.97 Å². The lowest BCUT2D eigenvalue weighted by Gasteiger charge is -2.13. The summed E-state index contributed by atoms with van der Waals surface area (Å²) in [5, 5.41) is 8.85. The Balaban J connectivity index is 3.03. The Morgan fingerprint density at radius 2 is 2.00 bits per heavy atom. The minimum atomic E-state index is -3.59. The minimum absolute atomic E-state index is 0.0920. The largest absolute Gasteiger partial charge is 0.480 e. The molecule has 0 aliphatic rings. The van der Waals surface area contributed by atoms with E-state index < -0.39 is 22.0 Å². The second-order valence-corrected chi connectivity index (χ2v) is 7.25. The summed E-state index contributed by atoms with van der Waals surface area (Å²) < 4.78 is 26.8. The zero-order valence-electron chi connectivity index (χ0n) is 12.5. The van der Waals surface area contributed by atoms with E-state index in [0.717, 1.165) is 5.56 Å². The lowest BCUT2D eigenvalue weighted by atomic mass is 10.0. The first-order chi connectivity index (χ1) is 9.63. The summed E-state index contributed by atoms with van der Waals surface area (Å²) in [4.78, 5) is 10.9. The van der Waals surface area contributed by atoms with Crippen LogP contribution in [0.25, 0.3) is 0 Å². The van der Waals surface area contributed by atoms with Crippen LogP contribution in [-0.4, -0.2) is 32.1 Å². The highest BCUT2D eigenvalue weighted by Gasteiger charge is 2.18. The van der Waals surface area contributed by atoms with Crippen LogP contribution < -0.4 is 10.5 Å². The molecule has 118 valence electrons. The molecule has 1 aromatic rings. The number of hydrogen-bond donors (Lipinski definition) is 3. The number of nitrogens with two attached hydrogens (primary N) is 1. The molecule has 0 saturated carbocycles. The molecule has 4 N–H and O–H groups in total. The van der Waals surface area contributed by atoms with Crippen molar-refractivity contribution in [3.8, 4) is 0 Å². The molecule has 1 rings (SSSR count). The highest BCUT2D eigenvalue weighted by molar-refractivity contribution is 7.89. The first-order valence-electron chi connectivity index (χ1n) is 6.71. The molecule has 7 heteroatoms. The molecule has 0 aliphatic carbocycles. The van der Waals surface area contributed by atoms with Crippen molar-refractivity contribution >= 4 is 16.0 Å². The summed E-state index contributed by atoms with van der Waals surface area (Å²) in [6.45, 7) is 5.96. The molecule has 0 radical (unpaired) electrons. The molecule has 0 amide bonds. The first kappa shape index (κ1) is 17.6. The number of carboxylic acids is 1. The third-order valence-electron chi connectivity index (χ3n) is 3.07. The maximum Gasteiger partial charge on any atom is 0.320 e. The van der Waals surface area contributed by atoms with Crippen molar-refractivity contribution in [2.45, 2.75) is 38.1 Å². The topological polar surface area (TPSA) is 109 Å². The van der Waals surface area contributed by atoms with Crippen molar-refractivity contribution in [2.24, 2.45) is 11.7 Å². The number of aryl methyl sites for hydroxylation is 1. The second kappa shape index (κ2) is 7.02.